The van der Waals surface area contributed by atoms with Crippen LogP contribution in [0.1, 0.15) is 88.4 Å². The summed E-state index contributed by atoms with van der Waals surface area (Å²) in [7, 11) is 0. The highest BCUT2D eigenvalue weighted by Crippen LogP contribution is 2.34. The average molecular weight is 427 g/mol. The highest BCUT2D eigenvalue weighted by Gasteiger charge is 2.29. The van der Waals surface area contributed by atoms with E-state index < -0.39 is 0 Å². The maximum Gasteiger partial charge on any atom is 0.125 e. The zero-order valence-corrected chi connectivity index (χ0v) is 19.0. The van der Waals surface area contributed by atoms with Gasteiger partial charge in [-0.3, -0.25) is 0 Å². The topological polar surface area (TPSA) is 33.1 Å². The molecule has 0 radical (unpaired) electrons. The van der Waals surface area contributed by atoms with E-state index in [2.05, 4.69) is 14.8 Å². The lowest BCUT2D eigenvalue weighted by molar-refractivity contribution is 0.151. The van der Waals surface area contributed by atoms with Crippen molar-refractivity contribution in [1.29, 1.82) is 0 Å². The molecule has 1 aromatic carbocycles. The van der Waals surface area contributed by atoms with Crippen LogP contribution in [-0.4, -0.2) is 47.2 Å². The second kappa shape index (κ2) is 9.99. The van der Waals surface area contributed by atoms with E-state index in [1.807, 2.05) is 6.07 Å². The Kier molecular flexibility index (Phi) is 6.90. The first kappa shape index (κ1) is 21.4. The number of likely N-dealkylation sites (tertiary alicyclic amines) is 1. The van der Waals surface area contributed by atoms with Gasteiger partial charge in [0.2, 0.25) is 0 Å². The molecular weight excluding hydrogens is 387 g/mol. The summed E-state index contributed by atoms with van der Waals surface area (Å²) in [6.07, 6.45) is 14.8. The molecule has 5 heteroatoms. The fourth-order valence-electron chi connectivity index (χ4n) is 6.28. The van der Waals surface area contributed by atoms with Gasteiger partial charge in [-0.1, -0.05) is 32.1 Å². The molecule has 3 fully saturated rings. The molecule has 0 bridgehead atoms. The standard InChI is InChI=1S/C26H39FN4/c27-22-10-11-25-24(17-22)29-26(21-9-6-14-28-18-21)31(25)23-12-15-30(16-13-23)19-20-7-4-2-1-3-5-8-20/h10-11,17,20-21,23,28H,1-9,12-16,18-19H2/t21-/m1/s1. The van der Waals surface area contributed by atoms with Gasteiger partial charge in [0, 0.05) is 44.2 Å². The van der Waals surface area contributed by atoms with E-state index in [9.17, 15) is 4.39 Å². The van der Waals surface area contributed by atoms with Crippen LogP contribution in [0, 0.1) is 11.7 Å². The number of piperidine rings is 2. The van der Waals surface area contributed by atoms with Crippen LogP contribution in [0.3, 0.4) is 0 Å². The molecule has 3 heterocycles. The number of hydrogen-bond donors (Lipinski definition) is 1. The molecule has 1 atom stereocenters. The Morgan fingerprint density at radius 2 is 1.71 bits per heavy atom. The lowest BCUT2D eigenvalue weighted by Gasteiger charge is -2.36. The van der Waals surface area contributed by atoms with Crippen molar-refractivity contribution in [2.75, 3.05) is 32.7 Å². The number of aromatic nitrogens is 2. The second-order valence-corrected chi connectivity index (χ2v) is 10.3. The van der Waals surface area contributed by atoms with Crippen LogP contribution in [0.4, 0.5) is 4.39 Å². The quantitative estimate of drug-likeness (QED) is 0.687. The lowest BCUT2D eigenvalue weighted by Crippen LogP contribution is -2.38. The summed E-state index contributed by atoms with van der Waals surface area (Å²) in [5, 5.41) is 3.55. The smallest absolute Gasteiger partial charge is 0.125 e. The van der Waals surface area contributed by atoms with Crippen molar-refractivity contribution in [2.45, 2.75) is 82.6 Å². The van der Waals surface area contributed by atoms with Crippen LogP contribution in [0.2, 0.25) is 0 Å². The molecule has 1 aromatic heterocycles. The molecule has 0 spiro atoms. The van der Waals surface area contributed by atoms with E-state index in [1.165, 1.54) is 96.1 Å². The van der Waals surface area contributed by atoms with Gasteiger partial charge in [-0.2, -0.15) is 0 Å². The number of rotatable bonds is 4. The number of nitrogens with one attached hydrogen (secondary N) is 1. The molecule has 3 aliphatic rings. The number of fused-ring (bicyclic) bond motifs is 1. The summed E-state index contributed by atoms with van der Waals surface area (Å²) >= 11 is 0. The number of halogens is 1. The van der Waals surface area contributed by atoms with Crippen molar-refractivity contribution >= 4 is 11.0 Å². The molecule has 2 aliphatic heterocycles. The Morgan fingerprint density at radius 3 is 2.45 bits per heavy atom. The maximum absolute atomic E-state index is 13.9. The molecule has 31 heavy (non-hydrogen) atoms. The van der Waals surface area contributed by atoms with Gasteiger partial charge < -0.3 is 14.8 Å². The van der Waals surface area contributed by atoms with Gasteiger partial charge in [0.15, 0.2) is 0 Å². The van der Waals surface area contributed by atoms with Crippen LogP contribution in [0.5, 0.6) is 0 Å². The number of nitrogens with zero attached hydrogens (tertiary/aromatic N) is 3. The zero-order valence-electron chi connectivity index (χ0n) is 19.0. The Hall–Kier alpha value is -1.46. The van der Waals surface area contributed by atoms with Gasteiger partial charge in [-0.05, 0) is 63.1 Å². The van der Waals surface area contributed by atoms with E-state index in [-0.39, 0.29) is 5.82 Å². The summed E-state index contributed by atoms with van der Waals surface area (Å²) < 4.78 is 16.4. The molecule has 5 rings (SSSR count). The van der Waals surface area contributed by atoms with Crippen molar-refractivity contribution in [3.8, 4) is 0 Å². The van der Waals surface area contributed by atoms with Gasteiger partial charge in [0.1, 0.15) is 11.6 Å². The predicted octanol–water partition coefficient (Wildman–Crippen LogP) is 5.64. The zero-order chi connectivity index (χ0) is 21.0. The third-order valence-electron chi connectivity index (χ3n) is 8.00. The van der Waals surface area contributed by atoms with Crippen molar-refractivity contribution in [2.24, 2.45) is 5.92 Å². The van der Waals surface area contributed by atoms with Crippen LogP contribution < -0.4 is 5.32 Å². The number of imidazole rings is 1. The van der Waals surface area contributed by atoms with E-state index in [1.54, 1.807) is 12.1 Å². The fraction of sp³-hybridized carbons (Fsp3) is 0.731. The Morgan fingerprint density at radius 1 is 0.935 bits per heavy atom. The first-order valence-electron chi connectivity index (χ1n) is 12.9. The van der Waals surface area contributed by atoms with Gasteiger partial charge in [-0.25, -0.2) is 9.37 Å². The molecule has 0 unspecified atom stereocenters. The highest BCUT2D eigenvalue weighted by molar-refractivity contribution is 5.76. The maximum atomic E-state index is 13.9. The minimum absolute atomic E-state index is 0.181. The van der Waals surface area contributed by atoms with Crippen LogP contribution >= 0.6 is 0 Å². The summed E-state index contributed by atoms with van der Waals surface area (Å²) in [6.45, 7) is 5.76. The van der Waals surface area contributed by atoms with E-state index >= 15 is 0 Å². The Bertz CT molecular complexity index is 840. The molecule has 2 saturated heterocycles. The molecular formula is C26H39FN4. The molecule has 1 saturated carbocycles. The van der Waals surface area contributed by atoms with Crippen molar-refractivity contribution in [3.63, 3.8) is 0 Å². The van der Waals surface area contributed by atoms with Gasteiger partial charge >= 0.3 is 0 Å². The molecule has 2 aromatic rings. The Balaban J connectivity index is 1.30. The second-order valence-electron chi connectivity index (χ2n) is 10.3. The summed E-state index contributed by atoms with van der Waals surface area (Å²) in [4.78, 5) is 7.70. The van der Waals surface area contributed by atoms with Crippen molar-refractivity contribution in [3.05, 3.63) is 29.8 Å². The molecule has 4 nitrogen and oxygen atoms in total. The molecule has 170 valence electrons. The predicted molar refractivity (Wildman–Crippen MR) is 125 cm³/mol. The SMILES string of the molecule is Fc1ccc2c(c1)nc([C@@H]1CCCNC1)n2C1CCN(CC2CCCCCCC2)CC1. The Labute approximate surface area is 186 Å². The normalized spacial score (nSPS) is 25.5. The highest BCUT2D eigenvalue weighted by atomic mass is 19.1. The first-order valence-corrected chi connectivity index (χ1v) is 12.9. The third-order valence-corrected chi connectivity index (χ3v) is 8.00. The van der Waals surface area contributed by atoms with Crippen LogP contribution in [0.25, 0.3) is 11.0 Å². The first-order chi connectivity index (χ1) is 15.3. The minimum atomic E-state index is -0.181. The largest absolute Gasteiger partial charge is 0.324 e. The average Bonchev–Trinajstić information content (AvgIpc) is 3.15. The van der Waals surface area contributed by atoms with E-state index in [0.717, 1.165) is 30.0 Å². The van der Waals surface area contributed by atoms with Gasteiger partial charge in [-0.15, -0.1) is 0 Å². The van der Waals surface area contributed by atoms with E-state index in [4.69, 9.17) is 4.98 Å². The fourth-order valence-corrected chi connectivity index (χ4v) is 6.28. The van der Waals surface area contributed by atoms with E-state index in [0.29, 0.717) is 12.0 Å². The monoisotopic (exact) mass is 426 g/mol. The summed E-state index contributed by atoms with van der Waals surface area (Å²) in [5.74, 6) is 2.35. The number of hydrogen-bond acceptors (Lipinski definition) is 3. The molecule has 1 N–H and O–H groups in total. The molecule has 0 amide bonds. The lowest BCUT2D eigenvalue weighted by atomic mass is 9.90. The summed E-state index contributed by atoms with van der Waals surface area (Å²) in [6, 6.07) is 5.67. The van der Waals surface area contributed by atoms with Gasteiger partial charge in [0.05, 0.1) is 11.0 Å². The molecule has 1 aliphatic carbocycles. The van der Waals surface area contributed by atoms with Crippen LogP contribution in [-0.2, 0) is 0 Å². The van der Waals surface area contributed by atoms with Gasteiger partial charge in [0.25, 0.3) is 0 Å². The third kappa shape index (κ3) is 4.98. The van der Waals surface area contributed by atoms with Crippen molar-refractivity contribution in [1.82, 2.24) is 19.8 Å². The number of benzene rings is 1. The van der Waals surface area contributed by atoms with Crippen LogP contribution in [0.15, 0.2) is 18.2 Å². The van der Waals surface area contributed by atoms with Crippen molar-refractivity contribution < 1.29 is 4.39 Å². The summed E-state index contributed by atoms with van der Waals surface area (Å²) in [5.41, 5.74) is 1.96. The minimum Gasteiger partial charge on any atom is -0.324 e.